The van der Waals surface area contributed by atoms with Crippen molar-refractivity contribution in [3.63, 3.8) is 0 Å². The van der Waals surface area contributed by atoms with Crippen molar-refractivity contribution in [1.82, 2.24) is 19.2 Å². The number of aldehydes is 1. The normalized spacial score (nSPS) is 11.3. The van der Waals surface area contributed by atoms with Crippen LogP contribution >= 0.6 is 11.3 Å². The summed E-state index contributed by atoms with van der Waals surface area (Å²) in [6.45, 7) is 5.96. The predicted molar refractivity (Wildman–Crippen MR) is 69.8 cm³/mol. The van der Waals surface area contributed by atoms with Crippen LogP contribution in [0.2, 0.25) is 0 Å². The van der Waals surface area contributed by atoms with Crippen molar-refractivity contribution in [2.75, 3.05) is 0 Å². The molecule has 0 unspecified atom stereocenters. The molecular formula is C12H12N4OS. The molecule has 0 bridgehead atoms. The Morgan fingerprint density at radius 1 is 1.33 bits per heavy atom. The zero-order valence-corrected chi connectivity index (χ0v) is 11.2. The second kappa shape index (κ2) is 3.78. The van der Waals surface area contributed by atoms with E-state index in [1.165, 1.54) is 11.3 Å². The van der Waals surface area contributed by atoms with Crippen molar-refractivity contribution in [2.45, 2.75) is 20.8 Å². The number of hydrogen-bond acceptors (Lipinski definition) is 4. The Hall–Kier alpha value is -1.95. The van der Waals surface area contributed by atoms with E-state index < -0.39 is 0 Å². The van der Waals surface area contributed by atoms with Crippen LogP contribution in [0, 0.1) is 20.8 Å². The van der Waals surface area contributed by atoms with Crippen LogP contribution in [-0.2, 0) is 0 Å². The molecule has 0 saturated heterocycles. The van der Waals surface area contributed by atoms with Crippen molar-refractivity contribution >= 4 is 22.6 Å². The Labute approximate surface area is 108 Å². The summed E-state index contributed by atoms with van der Waals surface area (Å²) in [5, 5.41) is 6.36. The van der Waals surface area contributed by atoms with E-state index in [4.69, 9.17) is 0 Å². The maximum absolute atomic E-state index is 11.3. The van der Waals surface area contributed by atoms with Gasteiger partial charge < -0.3 is 0 Å². The van der Waals surface area contributed by atoms with Gasteiger partial charge in [0.1, 0.15) is 5.69 Å². The maximum Gasteiger partial charge on any atom is 0.196 e. The number of nitrogens with zero attached hydrogens (tertiary/aromatic N) is 4. The zero-order chi connectivity index (χ0) is 12.9. The van der Waals surface area contributed by atoms with Crippen LogP contribution in [0.15, 0.2) is 11.6 Å². The molecule has 3 heterocycles. The fraction of sp³-hybridized carbons (Fsp3) is 0.250. The molecule has 0 spiro atoms. The van der Waals surface area contributed by atoms with Gasteiger partial charge in [-0.05, 0) is 26.3 Å². The van der Waals surface area contributed by atoms with Crippen molar-refractivity contribution < 1.29 is 4.79 Å². The number of thiazole rings is 1. The summed E-state index contributed by atoms with van der Waals surface area (Å²) in [5.41, 5.74) is 3.64. The topological polar surface area (TPSA) is 52.2 Å². The fourth-order valence-corrected chi connectivity index (χ4v) is 2.70. The second-order valence-electron chi connectivity index (χ2n) is 4.20. The third-order valence-electron chi connectivity index (χ3n) is 3.25. The molecule has 0 saturated carbocycles. The summed E-state index contributed by atoms with van der Waals surface area (Å²) in [5.74, 6) is 0.602. The average Bonchev–Trinajstić information content (AvgIpc) is 2.98. The molecule has 0 radical (unpaired) electrons. The van der Waals surface area contributed by atoms with Crippen LogP contribution in [0.3, 0.4) is 0 Å². The first-order chi connectivity index (χ1) is 8.63. The summed E-state index contributed by atoms with van der Waals surface area (Å²) >= 11 is 1.50. The molecule has 0 aliphatic heterocycles. The SMILES string of the molecule is Cc1nn(-c2nc3sccn3c2C=O)c(C)c1C. The second-order valence-corrected chi connectivity index (χ2v) is 5.07. The molecule has 0 aliphatic rings. The van der Waals surface area contributed by atoms with Crippen LogP contribution < -0.4 is 0 Å². The number of hydrogen-bond donors (Lipinski definition) is 0. The van der Waals surface area contributed by atoms with Gasteiger partial charge in [-0.3, -0.25) is 9.20 Å². The van der Waals surface area contributed by atoms with Crippen LogP contribution in [0.4, 0.5) is 0 Å². The van der Waals surface area contributed by atoms with Crippen LogP contribution in [0.1, 0.15) is 27.4 Å². The first-order valence-electron chi connectivity index (χ1n) is 5.57. The third-order valence-corrected chi connectivity index (χ3v) is 4.00. The van der Waals surface area contributed by atoms with E-state index in [2.05, 4.69) is 10.1 Å². The van der Waals surface area contributed by atoms with E-state index in [0.29, 0.717) is 11.5 Å². The molecule has 3 aromatic rings. The lowest BCUT2D eigenvalue weighted by Crippen LogP contribution is -2.04. The highest BCUT2D eigenvalue weighted by molar-refractivity contribution is 7.15. The molecule has 0 aliphatic carbocycles. The zero-order valence-electron chi connectivity index (χ0n) is 10.3. The van der Waals surface area contributed by atoms with Gasteiger partial charge in [-0.25, -0.2) is 4.68 Å². The number of imidazole rings is 1. The molecular weight excluding hydrogens is 248 g/mol. The standard InChI is InChI=1S/C12H12N4OS/c1-7-8(2)14-16(9(7)3)11-10(6-17)15-4-5-18-12(15)13-11/h4-6H,1-3H3. The lowest BCUT2D eigenvalue weighted by molar-refractivity contribution is 0.111. The Bertz CT molecular complexity index is 750. The van der Waals surface area contributed by atoms with Crippen LogP contribution in [0.5, 0.6) is 0 Å². The van der Waals surface area contributed by atoms with E-state index in [0.717, 1.165) is 28.2 Å². The molecule has 0 atom stereocenters. The smallest absolute Gasteiger partial charge is 0.196 e. The van der Waals surface area contributed by atoms with Crippen LogP contribution in [-0.4, -0.2) is 25.5 Å². The fourth-order valence-electron chi connectivity index (χ4n) is 1.98. The molecule has 0 N–H and O–H groups in total. The summed E-state index contributed by atoms with van der Waals surface area (Å²) in [6, 6.07) is 0. The van der Waals surface area contributed by atoms with Crippen molar-refractivity contribution in [1.29, 1.82) is 0 Å². The van der Waals surface area contributed by atoms with Gasteiger partial charge in [0.05, 0.1) is 5.69 Å². The highest BCUT2D eigenvalue weighted by atomic mass is 32.1. The molecule has 18 heavy (non-hydrogen) atoms. The van der Waals surface area contributed by atoms with E-state index in [1.54, 1.807) is 9.08 Å². The monoisotopic (exact) mass is 260 g/mol. The maximum atomic E-state index is 11.3. The molecule has 3 aromatic heterocycles. The summed E-state index contributed by atoms with van der Waals surface area (Å²) < 4.78 is 3.53. The van der Waals surface area contributed by atoms with E-state index in [-0.39, 0.29) is 0 Å². The number of fused-ring (bicyclic) bond motifs is 1. The van der Waals surface area contributed by atoms with Gasteiger partial charge in [-0.15, -0.1) is 11.3 Å². The Kier molecular flexibility index (Phi) is 2.34. The van der Waals surface area contributed by atoms with E-state index in [1.807, 2.05) is 32.3 Å². The lowest BCUT2D eigenvalue weighted by atomic mass is 10.2. The predicted octanol–water partition coefficient (Wildman–Crippen LogP) is 2.32. The number of rotatable bonds is 2. The largest absolute Gasteiger partial charge is 0.296 e. The van der Waals surface area contributed by atoms with Crippen molar-refractivity contribution in [3.8, 4) is 5.82 Å². The molecule has 0 fully saturated rings. The van der Waals surface area contributed by atoms with Gasteiger partial charge in [-0.1, -0.05) is 0 Å². The van der Waals surface area contributed by atoms with Gasteiger partial charge in [0.25, 0.3) is 0 Å². The first kappa shape index (κ1) is 11.2. The minimum atomic E-state index is 0.539. The molecule has 0 amide bonds. The van der Waals surface area contributed by atoms with Gasteiger partial charge in [0.15, 0.2) is 17.1 Å². The number of aromatic nitrogens is 4. The van der Waals surface area contributed by atoms with E-state index >= 15 is 0 Å². The lowest BCUT2D eigenvalue weighted by Gasteiger charge is -2.01. The number of carbonyl (C=O) groups is 1. The third kappa shape index (κ3) is 1.35. The van der Waals surface area contributed by atoms with Gasteiger partial charge >= 0.3 is 0 Å². The Morgan fingerprint density at radius 2 is 2.11 bits per heavy atom. The van der Waals surface area contributed by atoms with Gasteiger partial charge in [-0.2, -0.15) is 10.1 Å². The highest BCUT2D eigenvalue weighted by Crippen LogP contribution is 2.22. The van der Waals surface area contributed by atoms with Crippen molar-refractivity contribution in [2.24, 2.45) is 0 Å². The molecule has 6 heteroatoms. The average molecular weight is 260 g/mol. The molecule has 0 aromatic carbocycles. The minimum absolute atomic E-state index is 0.539. The first-order valence-corrected chi connectivity index (χ1v) is 6.45. The Morgan fingerprint density at radius 3 is 2.72 bits per heavy atom. The number of aryl methyl sites for hydroxylation is 1. The van der Waals surface area contributed by atoms with Crippen LogP contribution in [0.25, 0.3) is 10.8 Å². The quantitative estimate of drug-likeness (QED) is 0.664. The van der Waals surface area contributed by atoms with Gasteiger partial charge in [0, 0.05) is 17.3 Å². The Balaban J connectivity index is 2.33. The molecule has 3 rings (SSSR count). The molecule has 5 nitrogen and oxygen atoms in total. The molecule has 92 valence electrons. The highest BCUT2D eigenvalue weighted by Gasteiger charge is 2.18. The van der Waals surface area contributed by atoms with E-state index in [9.17, 15) is 4.79 Å². The summed E-state index contributed by atoms with van der Waals surface area (Å²) in [6.07, 6.45) is 2.67. The summed E-state index contributed by atoms with van der Waals surface area (Å²) in [4.78, 5) is 16.6. The summed E-state index contributed by atoms with van der Waals surface area (Å²) in [7, 11) is 0. The van der Waals surface area contributed by atoms with Crippen molar-refractivity contribution in [3.05, 3.63) is 34.2 Å². The number of carbonyl (C=O) groups excluding carboxylic acids is 1. The minimum Gasteiger partial charge on any atom is -0.296 e. The van der Waals surface area contributed by atoms with Gasteiger partial charge in [0.2, 0.25) is 0 Å².